The van der Waals surface area contributed by atoms with Crippen molar-refractivity contribution < 1.29 is 8.78 Å². The lowest BCUT2D eigenvalue weighted by Crippen LogP contribution is -1.91. The van der Waals surface area contributed by atoms with E-state index in [1.165, 1.54) is 0 Å². The topological polar surface area (TPSA) is 0 Å². The van der Waals surface area contributed by atoms with Crippen molar-refractivity contribution in [1.82, 2.24) is 0 Å². The summed E-state index contributed by atoms with van der Waals surface area (Å²) in [6.07, 6.45) is 0.0248. The second kappa shape index (κ2) is 2.03. The molecule has 0 unspecified atom stereocenters. The Morgan fingerprint density at radius 2 is 1.73 bits per heavy atom. The number of hydrogen-bond acceptors (Lipinski definition) is 0. The van der Waals surface area contributed by atoms with Gasteiger partial charge < -0.3 is 0 Å². The highest BCUT2D eigenvalue weighted by atomic mass is 19.3. The molecule has 1 aliphatic rings. The Bertz CT molecular complexity index is 254. The van der Waals surface area contributed by atoms with Crippen molar-refractivity contribution in [3.8, 4) is 0 Å². The SMILES string of the molecule is FC1(F)C[C@H]1c1ccccc1. The standard InChI is InChI=1S/C9H8F2/c10-9(11)6-8(9)7-4-2-1-3-5-7/h1-5,8H,6H2/t8-/m0/s1. The molecule has 11 heavy (non-hydrogen) atoms. The molecule has 2 rings (SSSR count). The largest absolute Gasteiger partial charge is 0.255 e. The number of hydrogen-bond donors (Lipinski definition) is 0. The van der Waals surface area contributed by atoms with Gasteiger partial charge in [-0.3, -0.25) is 0 Å². The van der Waals surface area contributed by atoms with Gasteiger partial charge in [0.25, 0.3) is 5.92 Å². The second-order valence-corrected chi connectivity index (χ2v) is 2.93. The average Bonchev–Trinajstić information content (AvgIpc) is 2.62. The van der Waals surface area contributed by atoms with Crippen molar-refractivity contribution in [3.63, 3.8) is 0 Å². The highest BCUT2D eigenvalue weighted by Crippen LogP contribution is 2.55. The lowest BCUT2D eigenvalue weighted by atomic mass is 10.1. The van der Waals surface area contributed by atoms with Crippen LogP contribution in [0.15, 0.2) is 30.3 Å². The summed E-state index contributed by atoms with van der Waals surface area (Å²) < 4.78 is 25.0. The molecule has 0 amide bonds. The Hall–Kier alpha value is -0.920. The second-order valence-electron chi connectivity index (χ2n) is 2.93. The summed E-state index contributed by atoms with van der Waals surface area (Å²) in [7, 11) is 0. The molecular formula is C9H8F2. The van der Waals surface area contributed by atoms with E-state index in [1.807, 2.05) is 6.07 Å². The van der Waals surface area contributed by atoms with Crippen LogP contribution in [0.4, 0.5) is 8.78 Å². The first-order chi connectivity index (χ1) is 5.20. The van der Waals surface area contributed by atoms with Crippen molar-refractivity contribution >= 4 is 0 Å². The third kappa shape index (κ3) is 1.13. The lowest BCUT2D eigenvalue weighted by Gasteiger charge is -1.96. The zero-order valence-electron chi connectivity index (χ0n) is 5.93. The van der Waals surface area contributed by atoms with Crippen LogP contribution in [0.1, 0.15) is 17.9 Å². The predicted molar refractivity (Wildman–Crippen MR) is 38.7 cm³/mol. The minimum absolute atomic E-state index is 0.0248. The van der Waals surface area contributed by atoms with Gasteiger partial charge in [-0.05, 0) is 5.56 Å². The van der Waals surface area contributed by atoms with E-state index in [4.69, 9.17) is 0 Å². The van der Waals surface area contributed by atoms with E-state index >= 15 is 0 Å². The molecule has 0 saturated heterocycles. The van der Waals surface area contributed by atoms with Gasteiger partial charge in [0.05, 0.1) is 5.92 Å². The molecule has 0 N–H and O–H groups in total. The van der Waals surface area contributed by atoms with E-state index in [2.05, 4.69) is 0 Å². The van der Waals surface area contributed by atoms with Crippen LogP contribution in [0.5, 0.6) is 0 Å². The Balaban J connectivity index is 2.21. The van der Waals surface area contributed by atoms with Crippen molar-refractivity contribution in [3.05, 3.63) is 35.9 Å². The monoisotopic (exact) mass is 154 g/mol. The Morgan fingerprint density at radius 3 is 2.18 bits per heavy atom. The summed E-state index contributed by atoms with van der Waals surface area (Å²) >= 11 is 0. The van der Waals surface area contributed by atoms with Crippen molar-refractivity contribution in [1.29, 1.82) is 0 Å². The van der Waals surface area contributed by atoms with Gasteiger partial charge in [0.1, 0.15) is 0 Å². The average molecular weight is 154 g/mol. The van der Waals surface area contributed by atoms with Crippen LogP contribution >= 0.6 is 0 Å². The van der Waals surface area contributed by atoms with Gasteiger partial charge in [-0.15, -0.1) is 0 Å². The minimum Gasteiger partial charge on any atom is -0.206 e. The molecule has 0 heterocycles. The first-order valence-corrected chi connectivity index (χ1v) is 3.63. The summed E-state index contributed by atoms with van der Waals surface area (Å²) in [5, 5.41) is 0. The van der Waals surface area contributed by atoms with Gasteiger partial charge in [-0.25, -0.2) is 8.78 Å². The third-order valence-electron chi connectivity index (χ3n) is 2.03. The van der Waals surface area contributed by atoms with E-state index in [0.29, 0.717) is 0 Å². The quantitative estimate of drug-likeness (QED) is 0.583. The molecule has 1 atom stereocenters. The molecule has 0 aliphatic heterocycles. The van der Waals surface area contributed by atoms with Gasteiger partial charge in [-0.2, -0.15) is 0 Å². The van der Waals surface area contributed by atoms with E-state index < -0.39 is 11.8 Å². The van der Waals surface area contributed by atoms with E-state index in [9.17, 15) is 8.78 Å². The molecule has 58 valence electrons. The normalized spacial score (nSPS) is 26.5. The maximum atomic E-state index is 12.5. The number of alkyl halides is 2. The molecule has 1 saturated carbocycles. The van der Waals surface area contributed by atoms with Gasteiger partial charge in [-0.1, -0.05) is 30.3 Å². The summed E-state index contributed by atoms with van der Waals surface area (Å²) in [6, 6.07) is 8.94. The molecule has 0 bridgehead atoms. The Kier molecular flexibility index (Phi) is 1.25. The minimum atomic E-state index is -2.43. The van der Waals surface area contributed by atoms with Crippen LogP contribution in [0.3, 0.4) is 0 Å². The fraction of sp³-hybridized carbons (Fsp3) is 0.333. The van der Waals surface area contributed by atoms with Crippen molar-refractivity contribution in [2.45, 2.75) is 18.3 Å². The summed E-state index contributed by atoms with van der Waals surface area (Å²) in [4.78, 5) is 0. The molecule has 1 fully saturated rings. The van der Waals surface area contributed by atoms with Gasteiger partial charge >= 0.3 is 0 Å². The highest BCUT2D eigenvalue weighted by Gasteiger charge is 2.57. The van der Waals surface area contributed by atoms with E-state index in [-0.39, 0.29) is 6.42 Å². The van der Waals surface area contributed by atoms with Crippen LogP contribution in [0.25, 0.3) is 0 Å². The number of rotatable bonds is 1. The van der Waals surface area contributed by atoms with E-state index in [1.54, 1.807) is 24.3 Å². The predicted octanol–water partition coefficient (Wildman–Crippen LogP) is 2.81. The maximum Gasteiger partial charge on any atom is 0.255 e. The molecule has 0 radical (unpaired) electrons. The van der Waals surface area contributed by atoms with Crippen LogP contribution in [0.2, 0.25) is 0 Å². The zero-order chi connectivity index (χ0) is 7.90. The first kappa shape index (κ1) is 6.77. The molecular weight excluding hydrogens is 146 g/mol. The third-order valence-corrected chi connectivity index (χ3v) is 2.03. The number of benzene rings is 1. The fourth-order valence-electron chi connectivity index (χ4n) is 1.26. The molecule has 0 spiro atoms. The first-order valence-electron chi connectivity index (χ1n) is 3.63. The molecule has 0 nitrogen and oxygen atoms in total. The van der Waals surface area contributed by atoms with Gasteiger partial charge in [0.2, 0.25) is 0 Å². The molecule has 0 aromatic heterocycles. The van der Waals surface area contributed by atoms with Crippen LogP contribution in [0, 0.1) is 0 Å². The summed E-state index contributed by atoms with van der Waals surface area (Å²) in [6.45, 7) is 0. The summed E-state index contributed by atoms with van der Waals surface area (Å²) in [5.41, 5.74) is 0.762. The molecule has 1 aromatic carbocycles. The van der Waals surface area contributed by atoms with Crippen LogP contribution in [-0.4, -0.2) is 5.92 Å². The summed E-state index contributed by atoms with van der Waals surface area (Å²) in [5.74, 6) is -2.94. The van der Waals surface area contributed by atoms with Gasteiger partial charge in [0.15, 0.2) is 0 Å². The van der Waals surface area contributed by atoms with Crippen molar-refractivity contribution in [2.24, 2.45) is 0 Å². The molecule has 2 heteroatoms. The Labute approximate surface area is 63.9 Å². The smallest absolute Gasteiger partial charge is 0.206 e. The number of halogens is 2. The van der Waals surface area contributed by atoms with Crippen LogP contribution in [-0.2, 0) is 0 Å². The van der Waals surface area contributed by atoms with Crippen LogP contribution < -0.4 is 0 Å². The zero-order valence-corrected chi connectivity index (χ0v) is 5.93. The lowest BCUT2D eigenvalue weighted by molar-refractivity contribution is 0.112. The van der Waals surface area contributed by atoms with Gasteiger partial charge in [0, 0.05) is 6.42 Å². The molecule has 1 aromatic rings. The maximum absolute atomic E-state index is 12.5. The van der Waals surface area contributed by atoms with E-state index in [0.717, 1.165) is 5.56 Å². The highest BCUT2D eigenvalue weighted by molar-refractivity contribution is 5.28. The molecule has 1 aliphatic carbocycles. The Morgan fingerprint density at radius 1 is 1.18 bits per heavy atom. The fourth-order valence-corrected chi connectivity index (χ4v) is 1.26. The van der Waals surface area contributed by atoms with Crippen molar-refractivity contribution in [2.75, 3.05) is 0 Å².